The zero-order chi connectivity index (χ0) is 22.9. The molecule has 3 heterocycles. The Hall–Kier alpha value is -3.47. The molecule has 1 aromatic carbocycles. The van der Waals surface area contributed by atoms with Crippen LogP contribution in [0.4, 0.5) is 24.0 Å². The number of carbonyl (C=O) groups excluding carboxylic acids is 1. The lowest BCUT2D eigenvalue weighted by Gasteiger charge is -2.11. The third-order valence-corrected chi connectivity index (χ3v) is 5.85. The number of hydrogen-bond donors (Lipinski definition) is 2. The largest absolute Gasteiger partial charge is 0.416 e. The quantitative estimate of drug-likeness (QED) is 0.415. The number of alkyl halides is 3. The van der Waals surface area contributed by atoms with Crippen LogP contribution in [0.15, 0.2) is 48.9 Å². The molecule has 0 aliphatic rings. The first-order valence-electron chi connectivity index (χ1n) is 9.77. The molecule has 0 bridgehead atoms. The fourth-order valence-electron chi connectivity index (χ4n) is 3.02. The second kappa shape index (κ2) is 8.58. The summed E-state index contributed by atoms with van der Waals surface area (Å²) in [7, 11) is 0. The number of benzene rings is 1. The number of nitrogens with zero attached hydrogens (tertiary/aromatic N) is 4. The maximum atomic E-state index is 12.7. The van der Waals surface area contributed by atoms with E-state index in [1.807, 2.05) is 20.0 Å². The Morgan fingerprint density at radius 3 is 2.62 bits per heavy atom. The average Bonchev–Trinajstić information content (AvgIpc) is 3.39. The first-order chi connectivity index (χ1) is 15.2. The van der Waals surface area contributed by atoms with E-state index in [2.05, 4.69) is 25.7 Å². The number of anilines is 2. The smallest absolute Gasteiger partial charge is 0.343 e. The van der Waals surface area contributed by atoms with Gasteiger partial charge in [-0.2, -0.15) is 18.3 Å². The van der Waals surface area contributed by atoms with Crippen molar-refractivity contribution < 1.29 is 18.0 Å². The number of halogens is 3. The molecular formula is C21H19F3N6OS. The second-order valence-electron chi connectivity index (χ2n) is 7.08. The summed E-state index contributed by atoms with van der Waals surface area (Å²) >= 11 is 1.30. The second-order valence-corrected chi connectivity index (χ2v) is 8.14. The van der Waals surface area contributed by atoms with E-state index >= 15 is 0 Å². The molecule has 0 saturated carbocycles. The van der Waals surface area contributed by atoms with Gasteiger partial charge in [0.15, 0.2) is 5.13 Å². The number of fused-ring (bicyclic) bond motifs is 1. The SMILES string of the molecule is CCn1cc2cc(C(=O)NC(C)c3cnc(Nc4ccc(C(F)(F)F)cc4)s3)ncc2n1. The third kappa shape index (κ3) is 4.72. The number of carbonyl (C=O) groups is 1. The first-order valence-corrected chi connectivity index (χ1v) is 10.6. The fourth-order valence-corrected chi connectivity index (χ4v) is 3.86. The van der Waals surface area contributed by atoms with Crippen LogP contribution in [-0.2, 0) is 12.7 Å². The van der Waals surface area contributed by atoms with E-state index in [0.29, 0.717) is 10.8 Å². The molecule has 0 aliphatic heterocycles. The summed E-state index contributed by atoms with van der Waals surface area (Å²) in [6.45, 7) is 4.52. The summed E-state index contributed by atoms with van der Waals surface area (Å²) in [6, 6.07) is 6.07. The molecule has 0 saturated heterocycles. The number of rotatable bonds is 6. The van der Waals surface area contributed by atoms with E-state index in [1.165, 1.54) is 23.5 Å². The van der Waals surface area contributed by atoms with Crippen molar-refractivity contribution in [1.29, 1.82) is 0 Å². The Labute approximate surface area is 185 Å². The molecule has 0 aliphatic carbocycles. The van der Waals surface area contributed by atoms with Crippen LogP contribution in [0.3, 0.4) is 0 Å². The van der Waals surface area contributed by atoms with E-state index in [1.54, 1.807) is 23.1 Å². The molecule has 11 heteroatoms. The Kier molecular flexibility index (Phi) is 5.83. The third-order valence-electron chi connectivity index (χ3n) is 4.76. The van der Waals surface area contributed by atoms with Crippen LogP contribution < -0.4 is 10.6 Å². The Bertz CT molecular complexity index is 1250. The number of aryl methyl sites for hydroxylation is 1. The number of thiazole rings is 1. The van der Waals surface area contributed by atoms with Crippen LogP contribution in [0.25, 0.3) is 10.9 Å². The lowest BCUT2D eigenvalue weighted by atomic mass is 10.2. The van der Waals surface area contributed by atoms with Gasteiger partial charge in [-0.1, -0.05) is 11.3 Å². The van der Waals surface area contributed by atoms with Crippen LogP contribution >= 0.6 is 11.3 Å². The van der Waals surface area contributed by atoms with Crippen LogP contribution in [-0.4, -0.2) is 25.7 Å². The summed E-state index contributed by atoms with van der Waals surface area (Å²) in [5, 5.41) is 11.6. The summed E-state index contributed by atoms with van der Waals surface area (Å²) in [4.78, 5) is 21.9. The van der Waals surface area contributed by atoms with Gasteiger partial charge in [0.1, 0.15) is 11.2 Å². The predicted molar refractivity (Wildman–Crippen MR) is 116 cm³/mol. The first kappa shape index (κ1) is 21.8. The lowest BCUT2D eigenvalue weighted by molar-refractivity contribution is -0.137. The minimum absolute atomic E-state index is 0.285. The van der Waals surface area contributed by atoms with E-state index in [0.717, 1.165) is 34.5 Å². The molecular weight excluding hydrogens is 441 g/mol. The van der Waals surface area contributed by atoms with Crippen LogP contribution in [0.5, 0.6) is 0 Å². The Balaban J connectivity index is 1.41. The van der Waals surface area contributed by atoms with Gasteiger partial charge in [-0.3, -0.25) is 9.48 Å². The van der Waals surface area contributed by atoms with Gasteiger partial charge in [0.2, 0.25) is 0 Å². The average molecular weight is 460 g/mol. The highest BCUT2D eigenvalue weighted by Gasteiger charge is 2.30. The number of hydrogen-bond acceptors (Lipinski definition) is 6. The van der Waals surface area contributed by atoms with Gasteiger partial charge < -0.3 is 10.6 Å². The van der Waals surface area contributed by atoms with Crippen molar-refractivity contribution in [3.63, 3.8) is 0 Å². The van der Waals surface area contributed by atoms with E-state index in [9.17, 15) is 18.0 Å². The van der Waals surface area contributed by atoms with Crippen LogP contribution in [0.1, 0.15) is 40.8 Å². The van der Waals surface area contributed by atoms with Crippen molar-refractivity contribution in [3.8, 4) is 0 Å². The molecule has 1 amide bonds. The van der Waals surface area contributed by atoms with Crippen LogP contribution in [0.2, 0.25) is 0 Å². The highest BCUT2D eigenvalue weighted by atomic mass is 32.1. The molecule has 4 aromatic rings. The van der Waals surface area contributed by atoms with Gasteiger partial charge in [0, 0.05) is 34.9 Å². The van der Waals surface area contributed by atoms with Crippen molar-refractivity contribution in [3.05, 3.63) is 65.1 Å². The highest BCUT2D eigenvalue weighted by Crippen LogP contribution is 2.31. The van der Waals surface area contributed by atoms with Gasteiger partial charge in [0.05, 0.1) is 17.8 Å². The zero-order valence-electron chi connectivity index (χ0n) is 17.1. The minimum atomic E-state index is -4.38. The number of amides is 1. The fraction of sp³-hybridized carbons (Fsp3) is 0.238. The molecule has 0 fully saturated rings. The topological polar surface area (TPSA) is 84.7 Å². The lowest BCUT2D eigenvalue weighted by Crippen LogP contribution is -2.26. The highest BCUT2D eigenvalue weighted by molar-refractivity contribution is 7.15. The molecule has 32 heavy (non-hydrogen) atoms. The monoisotopic (exact) mass is 460 g/mol. The molecule has 0 spiro atoms. The van der Waals surface area contributed by atoms with Crippen molar-refractivity contribution in [1.82, 2.24) is 25.1 Å². The molecule has 2 N–H and O–H groups in total. The molecule has 3 aromatic heterocycles. The molecule has 4 rings (SSSR count). The molecule has 166 valence electrons. The number of nitrogens with one attached hydrogen (secondary N) is 2. The van der Waals surface area contributed by atoms with E-state index in [-0.39, 0.29) is 17.6 Å². The number of aromatic nitrogens is 4. The van der Waals surface area contributed by atoms with Crippen molar-refractivity contribution >= 4 is 39.0 Å². The van der Waals surface area contributed by atoms with Gasteiger partial charge in [-0.05, 0) is 44.2 Å². The van der Waals surface area contributed by atoms with Gasteiger partial charge in [-0.15, -0.1) is 0 Å². The van der Waals surface area contributed by atoms with Crippen molar-refractivity contribution in [2.24, 2.45) is 0 Å². The van der Waals surface area contributed by atoms with E-state index in [4.69, 9.17) is 0 Å². The summed E-state index contributed by atoms with van der Waals surface area (Å²) in [5.74, 6) is -0.325. The Morgan fingerprint density at radius 2 is 1.94 bits per heavy atom. The maximum absolute atomic E-state index is 12.7. The normalized spacial score (nSPS) is 12.7. The van der Waals surface area contributed by atoms with Gasteiger partial charge in [0.25, 0.3) is 5.91 Å². The zero-order valence-corrected chi connectivity index (χ0v) is 18.0. The molecule has 0 radical (unpaired) electrons. The Morgan fingerprint density at radius 1 is 1.19 bits per heavy atom. The minimum Gasteiger partial charge on any atom is -0.343 e. The molecule has 7 nitrogen and oxygen atoms in total. The standard InChI is InChI=1S/C21H19F3N6OS/c1-3-30-11-13-8-16(25-9-17(13)29-30)19(31)27-12(2)18-10-26-20(32-18)28-15-6-4-14(5-7-15)21(22,23)24/h4-12H,3H2,1-2H3,(H,26,28)(H,27,31). The van der Waals surface area contributed by atoms with Crippen molar-refractivity contribution in [2.75, 3.05) is 5.32 Å². The summed E-state index contributed by atoms with van der Waals surface area (Å²) < 4.78 is 39.8. The van der Waals surface area contributed by atoms with E-state index < -0.39 is 11.7 Å². The van der Waals surface area contributed by atoms with Gasteiger partial charge >= 0.3 is 6.18 Å². The van der Waals surface area contributed by atoms with Crippen molar-refractivity contribution in [2.45, 2.75) is 32.6 Å². The van der Waals surface area contributed by atoms with Gasteiger partial charge in [-0.25, -0.2) is 9.97 Å². The van der Waals surface area contributed by atoms with Crippen LogP contribution in [0, 0.1) is 0 Å². The summed E-state index contributed by atoms with van der Waals surface area (Å²) in [6.07, 6.45) is 0.666. The number of pyridine rings is 1. The summed E-state index contributed by atoms with van der Waals surface area (Å²) in [5.41, 5.74) is 0.777. The maximum Gasteiger partial charge on any atom is 0.416 e. The predicted octanol–water partition coefficient (Wildman–Crippen LogP) is 5.16. The molecule has 1 unspecified atom stereocenters. The molecule has 1 atom stereocenters.